The zero-order valence-electron chi connectivity index (χ0n) is 11.2. The van der Waals surface area contributed by atoms with E-state index in [0.29, 0.717) is 6.04 Å². The molecule has 2 nitrogen and oxygen atoms in total. The summed E-state index contributed by atoms with van der Waals surface area (Å²) in [6.07, 6.45) is 8.40. The molecule has 4 heteroatoms. The maximum atomic E-state index is 5.99. The lowest BCUT2D eigenvalue weighted by Crippen LogP contribution is -2.23. The van der Waals surface area contributed by atoms with Gasteiger partial charge in [0.2, 0.25) is 0 Å². The molecule has 0 aromatic carbocycles. The average Bonchev–Trinajstić information content (AvgIpc) is 2.97. The Balaban J connectivity index is 1.81. The van der Waals surface area contributed by atoms with E-state index in [4.69, 9.17) is 11.6 Å². The maximum Gasteiger partial charge on any atom is 0.0931 e. The summed E-state index contributed by atoms with van der Waals surface area (Å²) in [6, 6.07) is 4.64. The zero-order valence-corrected chi connectivity index (χ0v) is 12.7. The van der Waals surface area contributed by atoms with Crippen LogP contribution in [0, 0.1) is 0 Å². The summed E-state index contributed by atoms with van der Waals surface area (Å²) in [5.74, 6) is 0. The number of fused-ring (bicyclic) bond motifs is 1. The van der Waals surface area contributed by atoms with Crippen molar-refractivity contribution in [3.63, 3.8) is 0 Å². The molecule has 0 amide bonds. The molecule has 0 bridgehead atoms. The Morgan fingerprint density at radius 3 is 3.05 bits per heavy atom. The van der Waals surface area contributed by atoms with Gasteiger partial charge in [-0.1, -0.05) is 18.5 Å². The van der Waals surface area contributed by atoms with Crippen LogP contribution in [-0.4, -0.2) is 11.1 Å². The molecule has 2 heterocycles. The monoisotopic (exact) mass is 294 g/mol. The van der Waals surface area contributed by atoms with Gasteiger partial charge in [-0.2, -0.15) is 0 Å². The molecule has 1 unspecified atom stereocenters. The van der Waals surface area contributed by atoms with Gasteiger partial charge >= 0.3 is 0 Å². The van der Waals surface area contributed by atoms with Crippen molar-refractivity contribution < 1.29 is 0 Å². The van der Waals surface area contributed by atoms with E-state index >= 15 is 0 Å². The summed E-state index contributed by atoms with van der Waals surface area (Å²) in [7, 11) is 0. The Morgan fingerprint density at radius 2 is 2.32 bits per heavy atom. The first-order valence-electron chi connectivity index (χ1n) is 6.92. The molecule has 0 saturated heterocycles. The van der Waals surface area contributed by atoms with Gasteiger partial charge in [-0.3, -0.25) is 0 Å². The lowest BCUT2D eigenvalue weighted by molar-refractivity contribution is 0.473. The van der Waals surface area contributed by atoms with Crippen molar-refractivity contribution in [2.45, 2.75) is 38.8 Å². The highest BCUT2D eigenvalue weighted by atomic mass is 35.5. The van der Waals surface area contributed by atoms with Gasteiger partial charge in [0.1, 0.15) is 0 Å². The van der Waals surface area contributed by atoms with E-state index in [2.05, 4.69) is 35.3 Å². The number of hydrogen-bond acceptors (Lipinski definition) is 2. The third-order valence-electron chi connectivity index (χ3n) is 3.73. The molecule has 0 spiro atoms. The number of nitrogens with zero attached hydrogens (tertiary/aromatic N) is 1. The lowest BCUT2D eigenvalue weighted by Gasteiger charge is -2.22. The van der Waals surface area contributed by atoms with Crippen molar-refractivity contribution in [2.24, 2.45) is 0 Å². The minimum absolute atomic E-state index is 0.543. The summed E-state index contributed by atoms with van der Waals surface area (Å²) in [5, 5.41) is 3.59. The molecule has 1 atom stereocenters. The van der Waals surface area contributed by atoms with Gasteiger partial charge in [0.15, 0.2) is 0 Å². The first-order valence-corrected chi connectivity index (χ1v) is 8.12. The van der Waals surface area contributed by atoms with Crippen molar-refractivity contribution >= 4 is 22.9 Å². The average molecular weight is 295 g/mol. The summed E-state index contributed by atoms with van der Waals surface area (Å²) in [4.78, 5) is 1.32. The summed E-state index contributed by atoms with van der Waals surface area (Å²) in [5.41, 5.74) is 3.01. The van der Waals surface area contributed by atoms with Crippen LogP contribution in [0.1, 0.15) is 41.8 Å². The first kappa shape index (κ1) is 13.2. The second-order valence-electron chi connectivity index (χ2n) is 5.12. The van der Waals surface area contributed by atoms with Crippen molar-refractivity contribution in [3.05, 3.63) is 44.9 Å². The maximum absolute atomic E-state index is 5.99. The number of thiophene rings is 1. The molecule has 3 rings (SSSR count). The van der Waals surface area contributed by atoms with Gasteiger partial charge in [-0.05, 0) is 49.1 Å². The number of rotatable bonds is 4. The van der Waals surface area contributed by atoms with E-state index in [1.807, 2.05) is 6.07 Å². The van der Waals surface area contributed by atoms with Crippen molar-refractivity contribution in [3.8, 4) is 0 Å². The Bertz CT molecular complexity index is 558. The highest BCUT2D eigenvalue weighted by molar-refractivity contribution is 7.16. The van der Waals surface area contributed by atoms with Gasteiger partial charge < -0.3 is 9.88 Å². The van der Waals surface area contributed by atoms with Gasteiger partial charge in [-0.15, -0.1) is 11.3 Å². The Kier molecular flexibility index (Phi) is 3.96. The normalized spacial score (nSPS) is 18.5. The number of aromatic nitrogens is 1. The van der Waals surface area contributed by atoms with Crippen LogP contribution in [0.4, 0.5) is 0 Å². The highest BCUT2D eigenvalue weighted by Crippen LogP contribution is 2.31. The van der Waals surface area contributed by atoms with Crippen LogP contribution in [-0.2, 0) is 13.0 Å². The number of nitrogens with one attached hydrogen (secondary N) is 1. The molecule has 19 heavy (non-hydrogen) atoms. The van der Waals surface area contributed by atoms with Crippen molar-refractivity contribution in [1.82, 2.24) is 9.88 Å². The van der Waals surface area contributed by atoms with Gasteiger partial charge in [0, 0.05) is 23.3 Å². The molecular weight excluding hydrogens is 276 g/mol. The Morgan fingerprint density at radius 1 is 1.42 bits per heavy atom. The molecule has 2 aromatic rings. The van der Waals surface area contributed by atoms with E-state index in [0.717, 1.165) is 17.4 Å². The smallest absolute Gasteiger partial charge is 0.0931 e. The topological polar surface area (TPSA) is 17.0 Å². The second kappa shape index (κ2) is 5.70. The molecule has 0 saturated carbocycles. The Hall–Kier alpha value is -0.770. The van der Waals surface area contributed by atoms with E-state index in [1.165, 1.54) is 35.3 Å². The standard InChI is InChI=1S/C15H19ClN2S/c1-2-17-14-5-3-4-11-8-18(10-13(11)14)9-12-6-7-15(16)19-12/h6-8,10,14,17H,2-5,9H2,1H3. The minimum Gasteiger partial charge on any atom is -0.348 e. The molecule has 1 aliphatic carbocycles. The quantitative estimate of drug-likeness (QED) is 0.892. The van der Waals surface area contributed by atoms with Crippen LogP contribution in [0.3, 0.4) is 0 Å². The number of halogens is 1. The third-order valence-corrected chi connectivity index (χ3v) is 4.95. The molecule has 102 valence electrons. The van der Waals surface area contributed by atoms with Gasteiger partial charge in [0.25, 0.3) is 0 Å². The summed E-state index contributed by atoms with van der Waals surface area (Å²) in [6.45, 7) is 4.15. The fourth-order valence-electron chi connectivity index (χ4n) is 2.91. The molecule has 2 aromatic heterocycles. The highest BCUT2D eigenvalue weighted by Gasteiger charge is 2.21. The largest absolute Gasteiger partial charge is 0.348 e. The predicted molar refractivity (Wildman–Crippen MR) is 82.2 cm³/mol. The minimum atomic E-state index is 0.543. The van der Waals surface area contributed by atoms with Crippen molar-refractivity contribution in [1.29, 1.82) is 0 Å². The lowest BCUT2D eigenvalue weighted by atomic mass is 9.91. The zero-order chi connectivity index (χ0) is 13.2. The van der Waals surface area contributed by atoms with E-state index in [1.54, 1.807) is 11.3 Å². The second-order valence-corrected chi connectivity index (χ2v) is 6.92. The van der Waals surface area contributed by atoms with E-state index in [-0.39, 0.29) is 0 Å². The molecule has 0 radical (unpaired) electrons. The van der Waals surface area contributed by atoms with Crippen LogP contribution in [0.2, 0.25) is 4.34 Å². The fraction of sp³-hybridized carbons (Fsp3) is 0.467. The predicted octanol–water partition coefficient (Wildman–Crippen LogP) is 4.24. The Labute approximate surface area is 123 Å². The molecule has 1 N–H and O–H groups in total. The van der Waals surface area contributed by atoms with E-state index < -0.39 is 0 Å². The fourth-order valence-corrected chi connectivity index (χ4v) is 4.01. The SMILES string of the molecule is CCNC1CCCc2cn(Cc3ccc(Cl)s3)cc21. The summed E-state index contributed by atoms with van der Waals surface area (Å²) < 4.78 is 3.18. The van der Waals surface area contributed by atoms with Crippen LogP contribution >= 0.6 is 22.9 Å². The molecule has 0 aliphatic heterocycles. The summed E-state index contributed by atoms with van der Waals surface area (Å²) >= 11 is 7.66. The number of aryl methyl sites for hydroxylation is 1. The van der Waals surface area contributed by atoms with Gasteiger partial charge in [0.05, 0.1) is 10.9 Å². The third kappa shape index (κ3) is 2.88. The van der Waals surface area contributed by atoms with Crippen LogP contribution in [0.25, 0.3) is 0 Å². The van der Waals surface area contributed by atoms with Crippen molar-refractivity contribution in [2.75, 3.05) is 6.54 Å². The van der Waals surface area contributed by atoms with Gasteiger partial charge in [-0.25, -0.2) is 0 Å². The number of hydrogen-bond donors (Lipinski definition) is 1. The molecular formula is C15H19ClN2S. The first-order chi connectivity index (χ1) is 9.26. The van der Waals surface area contributed by atoms with Crippen LogP contribution in [0.15, 0.2) is 24.5 Å². The molecule has 1 aliphatic rings. The van der Waals surface area contributed by atoms with E-state index in [9.17, 15) is 0 Å². The van der Waals surface area contributed by atoms with Crippen LogP contribution in [0.5, 0.6) is 0 Å². The molecule has 0 fully saturated rings. The van der Waals surface area contributed by atoms with Crippen LogP contribution < -0.4 is 5.32 Å².